The van der Waals surface area contributed by atoms with Crippen LogP contribution >= 0.6 is 0 Å². The zero-order valence-electron chi connectivity index (χ0n) is 9.36. The average molecular weight is 233 g/mol. The van der Waals surface area contributed by atoms with Gasteiger partial charge in [-0.05, 0) is 17.5 Å². The van der Waals surface area contributed by atoms with E-state index in [2.05, 4.69) is 0 Å². The molecule has 4 heteroatoms. The van der Waals surface area contributed by atoms with Crippen LogP contribution in [0.5, 0.6) is 0 Å². The Bertz CT molecular complexity index is 522. The van der Waals surface area contributed by atoms with E-state index in [0.717, 1.165) is 10.9 Å². The predicted molar refractivity (Wildman–Crippen MR) is 63.6 cm³/mol. The van der Waals surface area contributed by atoms with Crippen molar-refractivity contribution in [1.29, 1.82) is 0 Å². The van der Waals surface area contributed by atoms with E-state index in [4.69, 9.17) is 9.84 Å². The van der Waals surface area contributed by atoms with Crippen molar-refractivity contribution in [2.75, 3.05) is 6.61 Å². The quantitative estimate of drug-likeness (QED) is 0.821. The molecule has 0 aliphatic carbocycles. The number of nitrogens with zero attached hydrogens (tertiary/aromatic N) is 1. The molecule has 0 bridgehead atoms. The van der Waals surface area contributed by atoms with E-state index in [9.17, 15) is 5.11 Å². The van der Waals surface area contributed by atoms with Gasteiger partial charge in [0, 0.05) is 12.6 Å². The highest BCUT2D eigenvalue weighted by atomic mass is 16.5. The number of ether oxygens (including phenoxy) is 1. The number of aliphatic hydroxyl groups excluding tert-OH is 2. The third-order valence-electron chi connectivity index (χ3n) is 3.32. The Morgan fingerprint density at radius 3 is 2.88 bits per heavy atom. The van der Waals surface area contributed by atoms with E-state index in [1.165, 1.54) is 0 Å². The fourth-order valence-electron chi connectivity index (χ4n) is 2.41. The molecule has 3 atom stereocenters. The molecule has 4 nitrogen and oxygen atoms in total. The first-order valence-electron chi connectivity index (χ1n) is 5.79. The van der Waals surface area contributed by atoms with Crippen molar-refractivity contribution >= 4 is 10.9 Å². The average Bonchev–Trinajstić information content (AvgIpc) is 2.92. The summed E-state index contributed by atoms with van der Waals surface area (Å²) < 4.78 is 7.65. The molecule has 17 heavy (non-hydrogen) atoms. The number of hydrogen-bond acceptors (Lipinski definition) is 3. The first kappa shape index (κ1) is 10.8. The molecule has 2 N–H and O–H groups in total. The van der Waals surface area contributed by atoms with Crippen LogP contribution in [0.4, 0.5) is 0 Å². The number of para-hydroxylation sites is 1. The zero-order chi connectivity index (χ0) is 11.8. The minimum absolute atomic E-state index is 0.142. The Hall–Kier alpha value is -1.36. The SMILES string of the molecule is OC[C@H]1O[C@@H](n2ccc3ccccc32)CC1O. The summed E-state index contributed by atoms with van der Waals surface area (Å²) in [5, 5.41) is 20.0. The lowest BCUT2D eigenvalue weighted by Gasteiger charge is -2.14. The number of benzene rings is 1. The maximum absolute atomic E-state index is 9.73. The van der Waals surface area contributed by atoms with Gasteiger partial charge in [-0.25, -0.2) is 0 Å². The van der Waals surface area contributed by atoms with Gasteiger partial charge in [0.05, 0.1) is 18.2 Å². The summed E-state index contributed by atoms with van der Waals surface area (Å²) in [5.41, 5.74) is 1.09. The molecule has 0 saturated carbocycles. The van der Waals surface area contributed by atoms with Crippen molar-refractivity contribution in [2.45, 2.75) is 24.9 Å². The Labute approximate surface area is 99.1 Å². The third kappa shape index (κ3) is 1.74. The van der Waals surface area contributed by atoms with Gasteiger partial charge in [-0.1, -0.05) is 18.2 Å². The summed E-state index contributed by atoms with van der Waals surface area (Å²) in [5.74, 6) is 0. The monoisotopic (exact) mass is 233 g/mol. The maximum Gasteiger partial charge on any atom is 0.137 e. The number of fused-ring (bicyclic) bond motifs is 1. The Balaban J connectivity index is 1.95. The first-order chi connectivity index (χ1) is 8.29. The van der Waals surface area contributed by atoms with Crippen LogP contribution in [0.15, 0.2) is 36.5 Å². The normalized spacial score (nSPS) is 28.9. The van der Waals surface area contributed by atoms with Gasteiger partial charge in [-0.3, -0.25) is 0 Å². The van der Waals surface area contributed by atoms with Crippen LogP contribution in [0.2, 0.25) is 0 Å². The molecule has 1 aromatic carbocycles. The maximum atomic E-state index is 9.73. The van der Waals surface area contributed by atoms with Crippen molar-refractivity contribution in [3.8, 4) is 0 Å². The second-order valence-corrected chi connectivity index (χ2v) is 4.40. The standard InChI is InChI=1S/C13H15NO3/c15-8-12-11(16)7-13(17-12)14-6-5-9-3-1-2-4-10(9)14/h1-6,11-13,15-16H,7-8H2/t11?,12-,13-/m1/s1. The predicted octanol–water partition coefficient (Wildman–Crippen LogP) is 1.28. The van der Waals surface area contributed by atoms with Crippen LogP contribution in [-0.2, 0) is 4.74 Å². The van der Waals surface area contributed by atoms with Gasteiger partial charge in [0.25, 0.3) is 0 Å². The van der Waals surface area contributed by atoms with E-state index in [-0.39, 0.29) is 12.8 Å². The Kier molecular flexibility index (Phi) is 2.63. The van der Waals surface area contributed by atoms with Crippen molar-refractivity contribution < 1.29 is 14.9 Å². The smallest absolute Gasteiger partial charge is 0.137 e. The lowest BCUT2D eigenvalue weighted by atomic mass is 10.2. The molecule has 1 unspecified atom stereocenters. The van der Waals surface area contributed by atoms with E-state index in [0.29, 0.717) is 6.42 Å². The molecular weight excluding hydrogens is 218 g/mol. The fraction of sp³-hybridized carbons (Fsp3) is 0.385. The number of aromatic nitrogens is 1. The molecule has 0 amide bonds. The Morgan fingerprint density at radius 1 is 1.29 bits per heavy atom. The largest absolute Gasteiger partial charge is 0.394 e. The minimum Gasteiger partial charge on any atom is -0.394 e. The molecule has 1 aromatic heterocycles. The topological polar surface area (TPSA) is 54.6 Å². The minimum atomic E-state index is -0.592. The fourth-order valence-corrected chi connectivity index (χ4v) is 2.41. The number of rotatable bonds is 2. The number of hydrogen-bond donors (Lipinski definition) is 2. The van der Waals surface area contributed by atoms with Gasteiger partial charge in [-0.15, -0.1) is 0 Å². The number of aliphatic hydroxyl groups is 2. The molecular formula is C13H15NO3. The third-order valence-corrected chi connectivity index (χ3v) is 3.32. The van der Waals surface area contributed by atoms with Crippen LogP contribution in [-0.4, -0.2) is 33.6 Å². The highest BCUT2D eigenvalue weighted by molar-refractivity contribution is 5.80. The molecule has 2 heterocycles. The lowest BCUT2D eigenvalue weighted by Crippen LogP contribution is -2.24. The second kappa shape index (κ2) is 4.14. The summed E-state index contributed by atoms with van der Waals surface area (Å²) in [6, 6.07) is 10.1. The van der Waals surface area contributed by atoms with Gasteiger partial charge in [0.1, 0.15) is 12.3 Å². The van der Waals surface area contributed by atoms with Gasteiger partial charge < -0.3 is 19.5 Å². The van der Waals surface area contributed by atoms with Crippen molar-refractivity contribution in [3.05, 3.63) is 36.5 Å². The van der Waals surface area contributed by atoms with Gasteiger partial charge in [0.2, 0.25) is 0 Å². The molecule has 1 saturated heterocycles. The van der Waals surface area contributed by atoms with Crippen LogP contribution < -0.4 is 0 Å². The van der Waals surface area contributed by atoms with E-state index in [1.807, 2.05) is 41.1 Å². The molecule has 1 fully saturated rings. The zero-order valence-corrected chi connectivity index (χ0v) is 9.36. The van der Waals surface area contributed by atoms with Gasteiger partial charge in [-0.2, -0.15) is 0 Å². The summed E-state index contributed by atoms with van der Waals surface area (Å²) >= 11 is 0. The molecule has 90 valence electrons. The van der Waals surface area contributed by atoms with Gasteiger partial charge in [0.15, 0.2) is 0 Å². The lowest BCUT2D eigenvalue weighted by molar-refractivity contribution is -0.0428. The molecule has 1 aliphatic rings. The Morgan fingerprint density at radius 2 is 2.12 bits per heavy atom. The summed E-state index contributed by atoms with van der Waals surface area (Å²) in [4.78, 5) is 0. The van der Waals surface area contributed by atoms with E-state index < -0.39 is 12.2 Å². The molecule has 3 rings (SSSR count). The highest BCUT2D eigenvalue weighted by Gasteiger charge is 2.34. The molecule has 2 aromatic rings. The second-order valence-electron chi connectivity index (χ2n) is 4.40. The summed E-state index contributed by atoms with van der Waals surface area (Å²) in [7, 11) is 0. The van der Waals surface area contributed by atoms with Gasteiger partial charge >= 0.3 is 0 Å². The van der Waals surface area contributed by atoms with Crippen molar-refractivity contribution in [2.24, 2.45) is 0 Å². The van der Waals surface area contributed by atoms with Crippen molar-refractivity contribution in [3.63, 3.8) is 0 Å². The highest BCUT2D eigenvalue weighted by Crippen LogP contribution is 2.31. The molecule has 1 aliphatic heterocycles. The first-order valence-corrected chi connectivity index (χ1v) is 5.79. The van der Waals surface area contributed by atoms with E-state index in [1.54, 1.807) is 0 Å². The van der Waals surface area contributed by atoms with Crippen LogP contribution in [0.3, 0.4) is 0 Å². The van der Waals surface area contributed by atoms with E-state index >= 15 is 0 Å². The summed E-state index contributed by atoms with van der Waals surface area (Å²) in [6.07, 6.45) is 1.22. The summed E-state index contributed by atoms with van der Waals surface area (Å²) in [6.45, 7) is -0.142. The van der Waals surface area contributed by atoms with Crippen molar-refractivity contribution in [1.82, 2.24) is 4.57 Å². The molecule has 0 radical (unpaired) electrons. The van der Waals surface area contributed by atoms with Crippen LogP contribution in [0.25, 0.3) is 10.9 Å². The molecule has 0 spiro atoms. The van der Waals surface area contributed by atoms with Crippen LogP contribution in [0.1, 0.15) is 12.6 Å². The van der Waals surface area contributed by atoms with Crippen LogP contribution in [0, 0.1) is 0 Å².